The van der Waals surface area contributed by atoms with E-state index >= 15 is 0 Å². The number of nitrogens with zero attached hydrogens (tertiary/aromatic N) is 5. The average Bonchev–Trinajstić information content (AvgIpc) is 3.29. The van der Waals surface area contributed by atoms with Crippen LogP contribution in [0.5, 0.6) is 0 Å². The van der Waals surface area contributed by atoms with Crippen molar-refractivity contribution in [1.29, 1.82) is 0 Å². The smallest absolute Gasteiger partial charge is 0.265 e. The molecule has 1 aliphatic heterocycles. The normalized spacial score (nSPS) is 16.1. The number of rotatable bonds is 4. The Balaban J connectivity index is 1.67. The number of thioether (sulfide) groups is 1. The summed E-state index contributed by atoms with van der Waals surface area (Å²) in [5.74, 6) is 0.678. The van der Waals surface area contributed by atoms with Gasteiger partial charge in [0.2, 0.25) is 5.91 Å². The average molecular weight is 426 g/mol. The van der Waals surface area contributed by atoms with Gasteiger partial charge in [-0.25, -0.2) is 9.67 Å². The monoisotopic (exact) mass is 425 g/mol. The summed E-state index contributed by atoms with van der Waals surface area (Å²) in [7, 11) is 0. The van der Waals surface area contributed by atoms with Gasteiger partial charge in [0, 0.05) is 24.4 Å². The Kier molecular flexibility index (Phi) is 5.22. The maximum Gasteiger partial charge on any atom is 0.265 e. The molecule has 0 aliphatic carbocycles. The number of fused-ring (bicyclic) bond motifs is 2. The number of para-hydroxylation sites is 1. The maximum atomic E-state index is 13.2. The van der Waals surface area contributed by atoms with Crippen molar-refractivity contribution in [3.63, 3.8) is 0 Å². The summed E-state index contributed by atoms with van der Waals surface area (Å²) in [6.45, 7) is 10.7. The molecule has 4 rings (SSSR count). The maximum absolute atomic E-state index is 13.2. The summed E-state index contributed by atoms with van der Waals surface area (Å²) in [4.78, 5) is 33.0. The number of aromatic nitrogens is 4. The van der Waals surface area contributed by atoms with Crippen molar-refractivity contribution in [3.8, 4) is 0 Å². The van der Waals surface area contributed by atoms with Crippen LogP contribution in [0.25, 0.3) is 11.0 Å². The molecule has 1 unspecified atom stereocenters. The van der Waals surface area contributed by atoms with Crippen LogP contribution in [0.15, 0.2) is 40.4 Å². The van der Waals surface area contributed by atoms with Gasteiger partial charge in [0.1, 0.15) is 5.39 Å². The zero-order valence-electron chi connectivity index (χ0n) is 18.0. The predicted octanol–water partition coefficient (Wildman–Crippen LogP) is 3.75. The van der Waals surface area contributed by atoms with E-state index in [1.165, 1.54) is 11.8 Å². The first-order chi connectivity index (χ1) is 14.2. The van der Waals surface area contributed by atoms with Crippen LogP contribution in [0.4, 0.5) is 5.69 Å². The van der Waals surface area contributed by atoms with E-state index < -0.39 is 0 Å². The summed E-state index contributed by atoms with van der Waals surface area (Å²) in [5.41, 5.74) is 2.20. The molecule has 1 aliphatic rings. The number of hydrogen-bond acceptors (Lipinski definition) is 5. The van der Waals surface area contributed by atoms with Crippen LogP contribution in [0.3, 0.4) is 0 Å². The molecule has 1 aromatic carbocycles. The summed E-state index contributed by atoms with van der Waals surface area (Å²) in [6, 6.07) is 7.67. The van der Waals surface area contributed by atoms with Crippen molar-refractivity contribution in [2.24, 2.45) is 0 Å². The lowest BCUT2D eigenvalue weighted by Crippen LogP contribution is -2.35. The number of hydrogen-bond donors (Lipinski definition) is 0. The minimum absolute atomic E-state index is 0.0163. The van der Waals surface area contributed by atoms with Crippen molar-refractivity contribution in [2.45, 2.75) is 57.8 Å². The number of carbonyl (C=O) groups excluding carboxylic acids is 1. The molecule has 0 radical (unpaired) electrons. The fraction of sp³-hybridized carbons (Fsp3) is 0.455. The van der Waals surface area contributed by atoms with Crippen LogP contribution in [-0.4, -0.2) is 37.5 Å². The van der Waals surface area contributed by atoms with Gasteiger partial charge in [-0.2, -0.15) is 5.10 Å². The van der Waals surface area contributed by atoms with Gasteiger partial charge in [0.15, 0.2) is 10.8 Å². The third-order valence-corrected chi connectivity index (χ3v) is 6.54. The predicted molar refractivity (Wildman–Crippen MR) is 120 cm³/mol. The molecule has 7 nitrogen and oxygen atoms in total. The van der Waals surface area contributed by atoms with E-state index in [9.17, 15) is 9.59 Å². The van der Waals surface area contributed by atoms with E-state index in [2.05, 4.69) is 5.10 Å². The summed E-state index contributed by atoms with van der Waals surface area (Å²) < 4.78 is 3.48. The Morgan fingerprint density at radius 3 is 2.70 bits per heavy atom. The molecule has 158 valence electrons. The van der Waals surface area contributed by atoms with Gasteiger partial charge >= 0.3 is 0 Å². The van der Waals surface area contributed by atoms with Crippen LogP contribution in [0.2, 0.25) is 0 Å². The Morgan fingerprint density at radius 1 is 1.30 bits per heavy atom. The standard InChI is InChI=1S/C22H27N5O2S/c1-6-25(17-10-8-7-9-14(17)2)18(28)11-15-13-30-21-24-19-16(20(29)26(15)21)12-23-27(19)22(3,4)5/h7-10,12,15H,6,11,13H2,1-5H3. The Bertz CT molecular complexity index is 1170. The van der Waals surface area contributed by atoms with Crippen LogP contribution in [0, 0.1) is 6.92 Å². The summed E-state index contributed by atoms with van der Waals surface area (Å²) >= 11 is 1.53. The number of carbonyl (C=O) groups is 1. The molecule has 0 bridgehead atoms. The van der Waals surface area contributed by atoms with Crippen molar-refractivity contribution in [2.75, 3.05) is 17.2 Å². The van der Waals surface area contributed by atoms with Gasteiger partial charge in [-0.15, -0.1) is 0 Å². The molecule has 1 amide bonds. The first-order valence-electron chi connectivity index (χ1n) is 10.2. The van der Waals surface area contributed by atoms with E-state index in [0.29, 0.717) is 28.5 Å². The van der Waals surface area contributed by atoms with Crippen molar-refractivity contribution in [1.82, 2.24) is 19.3 Å². The van der Waals surface area contributed by atoms with Gasteiger partial charge in [-0.3, -0.25) is 14.2 Å². The highest BCUT2D eigenvalue weighted by Crippen LogP contribution is 2.34. The highest BCUT2D eigenvalue weighted by molar-refractivity contribution is 7.99. The molecule has 0 saturated carbocycles. The summed E-state index contributed by atoms with van der Waals surface area (Å²) in [6.07, 6.45) is 1.86. The molecule has 30 heavy (non-hydrogen) atoms. The van der Waals surface area contributed by atoms with E-state index in [0.717, 1.165) is 11.3 Å². The van der Waals surface area contributed by atoms with Crippen molar-refractivity contribution >= 4 is 34.4 Å². The quantitative estimate of drug-likeness (QED) is 0.595. The SMILES string of the molecule is CCN(C(=O)CC1CSc2nc3c(cnn3C(C)(C)C)c(=O)n21)c1ccccc1C. The van der Waals surface area contributed by atoms with E-state index in [4.69, 9.17) is 4.98 Å². The fourth-order valence-corrected chi connectivity index (χ4v) is 5.06. The van der Waals surface area contributed by atoms with Gasteiger partial charge in [-0.1, -0.05) is 30.0 Å². The first-order valence-corrected chi connectivity index (χ1v) is 11.2. The molecule has 3 heterocycles. The summed E-state index contributed by atoms with van der Waals surface area (Å²) in [5, 5.41) is 5.56. The third kappa shape index (κ3) is 3.43. The molecule has 0 spiro atoms. The Labute approximate surface area is 180 Å². The van der Waals surface area contributed by atoms with Crippen LogP contribution < -0.4 is 10.5 Å². The van der Waals surface area contributed by atoms with Gasteiger partial charge in [0.25, 0.3) is 5.56 Å². The molecule has 1 atom stereocenters. The van der Waals surface area contributed by atoms with E-state index in [1.54, 1.807) is 20.3 Å². The fourth-order valence-electron chi connectivity index (χ4n) is 3.93. The number of anilines is 1. The molecule has 2 aromatic heterocycles. The molecule has 0 N–H and O–H groups in total. The Morgan fingerprint density at radius 2 is 2.03 bits per heavy atom. The number of benzene rings is 1. The van der Waals surface area contributed by atoms with Crippen molar-refractivity contribution in [3.05, 3.63) is 46.4 Å². The number of aryl methyl sites for hydroxylation is 1. The molecular formula is C22H27N5O2S. The van der Waals surface area contributed by atoms with Gasteiger partial charge in [0.05, 0.1) is 17.8 Å². The second kappa shape index (κ2) is 7.58. The van der Waals surface area contributed by atoms with E-state index in [1.807, 2.05) is 58.9 Å². The molecule has 0 fully saturated rings. The zero-order chi connectivity index (χ0) is 21.6. The second-order valence-electron chi connectivity index (χ2n) is 8.63. The first kappa shape index (κ1) is 20.7. The largest absolute Gasteiger partial charge is 0.312 e. The minimum Gasteiger partial charge on any atom is -0.312 e. The van der Waals surface area contributed by atoms with Gasteiger partial charge < -0.3 is 4.90 Å². The zero-order valence-corrected chi connectivity index (χ0v) is 18.9. The Hall–Kier alpha value is -2.61. The van der Waals surface area contributed by atoms with Crippen LogP contribution in [0.1, 0.15) is 45.7 Å². The molecule has 8 heteroatoms. The lowest BCUT2D eigenvalue weighted by atomic mass is 10.1. The molecular weight excluding hydrogens is 398 g/mol. The highest BCUT2D eigenvalue weighted by atomic mass is 32.2. The molecule has 0 saturated heterocycles. The molecule has 3 aromatic rings. The highest BCUT2D eigenvalue weighted by Gasteiger charge is 2.32. The van der Waals surface area contributed by atoms with E-state index in [-0.39, 0.29) is 29.5 Å². The second-order valence-corrected chi connectivity index (χ2v) is 9.61. The van der Waals surface area contributed by atoms with Crippen LogP contribution >= 0.6 is 11.8 Å². The lowest BCUT2D eigenvalue weighted by Gasteiger charge is -2.25. The number of amides is 1. The third-order valence-electron chi connectivity index (χ3n) is 5.44. The lowest BCUT2D eigenvalue weighted by molar-refractivity contribution is -0.119. The van der Waals surface area contributed by atoms with Gasteiger partial charge in [-0.05, 0) is 46.2 Å². The minimum atomic E-state index is -0.270. The van der Waals surface area contributed by atoms with Crippen molar-refractivity contribution < 1.29 is 4.79 Å². The topological polar surface area (TPSA) is 73.0 Å². The van der Waals surface area contributed by atoms with Crippen LogP contribution in [-0.2, 0) is 10.3 Å².